The summed E-state index contributed by atoms with van der Waals surface area (Å²) in [5.74, 6) is 2.10. The lowest BCUT2D eigenvalue weighted by molar-refractivity contribution is 0.0870. The van der Waals surface area contributed by atoms with Crippen LogP contribution in [0.3, 0.4) is 0 Å². The highest BCUT2D eigenvalue weighted by atomic mass is 15.1. The Labute approximate surface area is 126 Å². The number of fused-ring (bicyclic) bond motifs is 1. The van der Waals surface area contributed by atoms with Gasteiger partial charge in [0.05, 0.1) is 0 Å². The maximum atomic E-state index is 3.72. The highest BCUT2D eigenvalue weighted by molar-refractivity contribution is 4.83. The van der Waals surface area contributed by atoms with Crippen LogP contribution in [0.25, 0.3) is 0 Å². The van der Waals surface area contributed by atoms with Crippen LogP contribution in [-0.2, 0) is 0 Å². The predicted octanol–water partition coefficient (Wildman–Crippen LogP) is 4.06. The molecule has 3 atom stereocenters. The number of rotatable bonds is 8. The summed E-state index contributed by atoms with van der Waals surface area (Å²) in [6.07, 6.45) is 12.9. The first kappa shape index (κ1) is 16.3. The third-order valence-electron chi connectivity index (χ3n) is 5.54. The van der Waals surface area contributed by atoms with E-state index >= 15 is 0 Å². The molecule has 20 heavy (non-hydrogen) atoms. The molecule has 1 aliphatic heterocycles. The molecule has 0 aromatic heterocycles. The van der Waals surface area contributed by atoms with Crippen LogP contribution in [-0.4, -0.2) is 37.1 Å². The van der Waals surface area contributed by atoms with Gasteiger partial charge in [-0.25, -0.2) is 0 Å². The van der Waals surface area contributed by atoms with Crippen molar-refractivity contribution in [1.82, 2.24) is 10.2 Å². The average Bonchev–Trinajstić information content (AvgIpc) is 2.47. The monoisotopic (exact) mass is 280 g/mol. The zero-order valence-electron chi connectivity index (χ0n) is 13.9. The van der Waals surface area contributed by atoms with E-state index in [9.17, 15) is 0 Å². The van der Waals surface area contributed by atoms with Crippen LogP contribution in [0.1, 0.15) is 71.6 Å². The smallest absolute Gasteiger partial charge is 0.0107 e. The molecule has 118 valence electrons. The summed E-state index contributed by atoms with van der Waals surface area (Å²) in [6, 6.07) is 0.703. The van der Waals surface area contributed by atoms with Gasteiger partial charge >= 0.3 is 0 Å². The molecule has 0 aromatic carbocycles. The summed E-state index contributed by atoms with van der Waals surface area (Å²) in [7, 11) is 0. The lowest BCUT2D eigenvalue weighted by Crippen LogP contribution is -2.45. The molecule has 2 nitrogen and oxygen atoms in total. The van der Waals surface area contributed by atoms with Gasteiger partial charge in [0.25, 0.3) is 0 Å². The number of likely N-dealkylation sites (tertiary alicyclic amines) is 1. The number of hydrogen-bond acceptors (Lipinski definition) is 2. The van der Waals surface area contributed by atoms with Crippen molar-refractivity contribution in [3.63, 3.8) is 0 Å². The molecule has 0 bridgehead atoms. The van der Waals surface area contributed by atoms with E-state index in [4.69, 9.17) is 0 Å². The summed E-state index contributed by atoms with van der Waals surface area (Å²) in [6.45, 7) is 9.83. The molecule has 2 aliphatic rings. The Morgan fingerprint density at radius 1 is 1.10 bits per heavy atom. The van der Waals surface area contributed by atoms with Crippen molar-refractivity contribution in [2.75, 3.05) is 26.2 Å². The topological polar surface area (TPSA) is 15.3 Å². The van der Waals surface area contributed by atoms with Gasteiger partial charge in [-0.3, -0.25) is 0 Å². The van der Waals surface area contributed by atoms with Crippen molar-refractivity contribution in [2.45, 2.75) is 77.7 Å². The lowest BCUT2D eigenvalue weighted by Gasteiger charge is -2.41. The molecule has 1 saturated carbocycles. The van der Waals surface area contributed by atoms with Crippen LogP contribution in [0.4, 0.5) is 0 Å². The molecule has 1 heterocycles. The summed E-state index contributed by atoms with van der Waals surface area (Å²) in [5.41, 5.74) is 0. The van der Waals surface area contributed by atoms with Gasteiger partial charge in [0.15, 0.2) is 0 Å². The fourth-order valence-electron chi connectivity index (χ4n) is 4.15. The van der Waals surface area contributed by atoms with E-state index in [1.807, 2.05) is 0 Å². The summed E-state index contributed by atoms with van der Waals surface area (Å²) in [5, 5.41) is 3.72. The molecule has 1 saturated heterocycles. The molecule has 2 fully saturated rings. The Balaban J connectivity index is 1.55. The SMILES string of the molecule is CCCCCC(C)NCCN1CCC2CCCCC2C1. The van der Waals surface area contributed by atoms with Gasteiger partial charge in [0.1, 0.15) is 0 Å². The average molecular weight is 280 g/mol. The third-order valence-corrected chi connectivity index (χ3v) is 5.54. The molecule has 0 spiro atoms. The van der Waals surface area contributed by atoms with Crippen LogP contribution in [0, 0.1) is 11.8 Å². The molecule has 0 aromatic rings. The van der Waals surface area contributed by atoms with Gasteiger partial charge in [-0.1, -0.05) is 45.4 Å². The Hall–Kier alpha value is -0.0800. The van der Waals surface area contributed by atoms with Gasteiger partial charge in [0.2, 0.25) is 0 Å². The van der Waals surface area contributed by atoms with Gasteiger partial charge in [-0.05, 0) is 44.6 Å². The maximum Gasteiger partial charge on any atom is 0.0107 e. The van der Waals surface area contributed by atoms with Crippen LogP contribution in [0.5, 0.6) is 0 Å². The fraction of sp³-hybridized carbons (Fsp3) is 1.00. The molecule has 1 N–H and O–H groups in total. The van der Waals surface area contributed by atoms with E-state index in [0.717, 1.165) is 11.8 Å². The Bertz CT molecular complexity index is 254. The number of nitrogens with zero attached hydrogens (tertiary/aromatic N) is 1. The van der Waals surface area contributed by atoms with E-state index in [0.29, 0.717) is 6.04 Å². The normalized spacial score (nSPS) is 29.1. The minimum absolute atomic E-state index is 0.703. The van der Waals surface area contributed by atoms with Gasteiger partial charge < -0.3 is 10.2 Å². The van der Waals surface area contributed by atoms with Crippen LogP contribution in [0.15, 0.2) is 0 Å². The van der Waals surface area contributed by atoms with Crippen molar-refractivity contribution < 1.29 is 0 Å². The quantitative estimate of drug-likeness (QED) is 0.675. The Kier molecular flexibility index (Phi) is 7.37. The molecule has 1 aliphatic carbocycles. The van der Waals surface area contributed by atoms with E-state index in [2.05, 4.69) is 24.1 Å². The summed E-state index contributed by atoms with van der Waals surface area (Å²) >= 11 is 0. The fourth-order valence-corrected chi connectivity index (χ4v) is 4.15. The molecule has 0 radical (unpaired) electrons. The molecule has 0 amide bonds. The second-order valence-corrected chi connectivity index (χ2v) is 7.24. The molecule has 3 unspecified atom stereocenters. The van der Waals surface area contributed by atoms with E-state index in [-0.39, 0.29) is 0 Å². The van der Waals surface area contributed by atoms with Crippen LogP contribution >= 0.6 is 0 Å². The highest BCUT2D eigenvalue weighted by Crippen LogP contribution is 2.35. The van der Waals surface area contributed by atoms with Gasteiger partial charge in [-0.2, -0.15) is 0 Å². The van der Waals surface area contributed by atoms with E-state index < -0.39 is 0 Å². The minimum atomic E-state index is 0.703. The van der Waals surface area contributed by atoms with Crippen LogP contribution < -0.4 is 5.32 Å². The maximum absolute atomic E-state index is 3.72. The third kappa shape index (κ3) is 5.37. The first-order valence-electron chi connectivity index (χ1n) is 9.25. The molecule has 2 rings (SSSR count). The zero-order valence-corrected chi connectivity index (χ0v) is 13.9. The summed E-state index contributed by atoms with van der Waals surface area (Å²) < 4.78 is 0. The van der Waals surface area contributed by atoms with Crippen molar-refractivity contribution >= 4 is 0 Å². The van der Waals surface area contributed by atoms with Crippen molar-refractivity contribution in [1.29, 1.82) is 0 Å². The number of piperidine rings is 1. The zero-order chi connectivity index (χ0) is 14.2. The largest absolute Gasteiger partial charge is 0.313 e. The number of hydrogen-bond donors (Lipinski definition) is 1. The predicted molar refractivity (Wildman–Crippen MR) is 88.1 cm³/mol. The first-order chi connectivity index (χ1) is 9.79. The van der Waals surface area contributed by atoms with Crippen molar-refractivity contribution in [3.05, 3.63) is 0 Å². The molecular weight excluding hydrogens is 244 g/mol. The van der Waals surface area contributed by atoms with E-state index in [1.54, 1.807) is 0 Å². The van der Waals surface area contributed by atoms with Crippen molar-refractivity contribution in [3.8, 4) is 0 Å². The molecule has 2 heteroatoms. The van der Waals surface area contributed by atoms with Crippen molar-refractivity contribution in [2.24, 2.45) is 11.8 Å². The Morgan fingerprint density at radius 2 is 1.90 bits per heavy atom. The number of nitrogens with one attached hydrogen (secondary N) is 1. The van der Waals surface area contributed by atoms with Gasteiger partial charge in [-0.15, -0.1) is 0 Å². The standard InChI is InChI=1S/C18H36N2/c1-3-4-5-8-16(2)19-12-14-20-13-11-17-9-6-7-10-18(17)15-20/h16-19H,3-15H2,1-2H3. The number of unbranched alkanes of at least 4 members (excludes halogenated alkanes) is 2. The second kappa shape index (κ2) is 9.04. The second-order valence-electron chi connectivity index (χ2n) is 7.24. The minimum Gasteiger partial charge on any atom is -0.313 e. The lowest BCUT2D eigenvalue weighted by atomic mass is 9.75. The Morgan fingerprint density at radius 3 is 2.70 bits per heavy atom. The summed E-state index contributed by atoms with van der Waals surface area (Å²) in [4.78, 5) is 2.72. The highest BCUT2D eigenvalue weighted by Gasteiger charge is 2.30. The first-order valence-corrected chi connectivity index (χ1v) is 9.25. The molecular formula is C18H36N2. The van der Waals surface area contributed by atoms with Gasteiger partial charge in [0, 0.05) is 25.7 Å². The van der Waals surface area contributed by atoms with E-state index in [1.165, 1.54) is 84.0 Å². The van der Waals surface area contributed by atoms with Crippen LogP contribution in [0.2, 0.25) is 0 Å².